The average Bonchev–Trinajstić information content (AvgIpc) is 2.62. The van der Waals surface area contributed by atoms with Crippen LogP contribution in [0.25, 0.3) is 10.8 Å². The molecule has 3 aromatic rings. The Hall–Kier alpha value is -2.37. The molecule has 132 valence electrons. The molecule has 1 aromatic heterocycles. The number of anilines is 2. The molecule has 0 saturated heterocycles. The summed E-state index contributed by atoms with van der Waals surface area (Å²) in [6, 6.07) is 7.84. The van der Waals surface area contributed by atoms with Crippen molar-refractivity contribution in [3.8, 4) is 0 Å². The second-order valence-corrected chi connectivity index (χ2v) is 6.98. The first-order chi connectivity index (χ1) is 12.5. The number of aromatic nitrogens is 1. The molecule has 0 spiro atoms. The van der Waals surface area contributed by atoms with Crippen LogP contribution < -0.4 is 10.6 Å². The van der Waals surface area contributed by atoms with E-state index in [2.05, 4.69) is 15.6 Å². The lowest BCUT2D eigenvalue weighted by molar-refractivity contribution is -0.117. The third-order valence-corrected chi connectivity index (χ3v) is 5.24. The normalized spacial score (nSPS) is 16.0. The molecular formula is C19H14Cl2FN3O. The molecule has 2 heterocycles. The number of benzene rings is 2. The molecule has 26 heavy (non-hydrogen) atoms. The van der Waals surface area contributed by atoms with Crippen molar-refractivity contribution in [1.82, 2.24) is 4.98 Å². The standard InChI is InChI=1S/C19H14Cl2FN3O/c20-15-6-14-12(3-4-24-17(14)7-16(15)21)19(26)25-18-9-23-8-10-1-2-11(22)5-13(10)18/h1-2,5-9,12,24H,3-4H2,(H,25,26)/t12-/m0/s1. The van der Waals surface area contributed by atoms with E-state index in [1.54, 1.807) is 24.4 Å². The summed E-state index contributed by atoms with van der Waals surface area (Å²) in [6.45, 7) is 0.644. The van der Waals surface area contributed by atoms with Crippen molar-refractivity contribution < 1.29 is 9.18 Å². The number of fused-ring (bicyclic) bond motifs is 2. The van der Waals surface area contributed by atoms with Crippen LogP contribution in [0.4, 0.5) is 15.8 Å². The number of hydrogen-bond acceptors (Lipinski definition) is 3. The third kappa shape index (κ3) is 3.08. The average molecular weight is 390 g/mol. The number of amides is 1. The second-order valence-electron chi connectivity index (χ2n) is 6.16. The van der Waals surface area contributed by atoms with Crippen molar-refractivity contribution in [2.75, 3.05) is 17.2 Å². The second kappa shape index (κ2) is 6.74. The number of pyridine rings is 1. The molecule has 4 nitrogen and oxygen atoms in total. The van der Waals surface area contributed by atoms with E-state index in [1.165, 1.54) is 18.3 Å². The number of nitrogens with one attached hydrogen (secondary N) is 2. The van der Waals surface area contributed by atoms with E-state index in [-0.39, 0.29) is 17.6 Å². The first-order valence-electron chi connectivity index (χ1n) is 8.10. The fraction of sp³-hybridized carbons (Fsp3) is 0.158. The molecule has 1 atom stereocenters. The lowest BCUT2D eigenvalue weighted by atomic mass is 9.90. The van der Waals surface area contributed by atoms with Crippen LogP contribution in [0.3, 0.4) is 0 Å². The lowest BCUT2D eigenvalue weighted by Crippen LogP contribution is -2.27. The van der Waals surface area contributed by atoms with Gasteiger partial charge in [-0.15, -0.1) is 0 Å². The quantitative estimate of drug-likeness (QED) is 0.631. The predicted molar refractivity (Wildman–Crippen MR) is 103 cm³/mol. The van der Waals surface area contributed by atoms with Gasteiger partial charge in [0.15, 0.2) is 0 Å². The molecule has 1 aliphatic rings. The van der Waals surface area contributed by atoms with Crippen LogP contribution in [-0.4, -0.2) is 17.4 Å². The highest BCUT2D eigenvalue weighted by molar-refractivity contribution is 6.42. The van der Waals surface area contributed by atoms with Gasteiger partial charge in [0, 0.05) is 29.2 Å². The van der Waals surface area contributed by atoms with Gasteiger partial charge in [-0.2, -0.15) is 0 Å². The number of nitrogens with zero attached hydrogens (tertiary/aromatic N) is 1. The minimum absolute atomic E-state index is 0.190. The van der Waals surface area contributed by atoms with Gasteiger partial charge in [-0.05, 0) is 42.3 Å². The molecule has 1 amide bonds. The Morgan fingerprint density at radius 3 is 2.85 bits per heavy atom. The molecule has 7 heteroatoms. The van der Waals surface area contributed by atoms with Crippen molar-refractivity contribution in [1.29, 1.82) is 0 Å². The summed E-state index contributed by atoms with van der Waals surface area (Å²) in [5, 5.41) is 8.32. The zero-order valence-electron chi connectivity index (χ0n) is 13.5. The molecule has 0 bridgehead atoms. The monoisotopic (exact) mass is 389 g/mol. The van der Waals surface area contributed by atoms with E-state index >= 15 is 0 Å². The Morgan fingerprint density at radius 1 is 1.19 bits per heavy atom. The predicted octanol–water partition coefficient (Wildman–Crippen LogP) is 5.22. The number of rotatable bonds is 2. The SMILES string of the molecule is O=C(Nc1cncc2ccc(F)cc12)[C@H]1CCNc2cc(Cl)c(Cl)cc21. The Balaban J connectivity index is 1.69. The smallest absolute Gasteiger partial charge is 0.232 e. The van der Waals surface area contributed by atoms with Crippen LogP contribution in [0.1, 0.15) is 17.9 Å². The summed E-state index contributed by atoms with van der Waals surface area (Å²) < 4.78 is 13.6. The number of carbonyl (C=O) groups is 1. The number of halogens is 3. The fourth-order valence-corrected chi connectivity index (χ4v) is 3.57. The molecule has 1 aliphatic heterocycles. The molecule has 0 unspecified atom stereocenters. The molecule has 2 N–H and O–H groups in total. The van der Waals surface area contributed by atoms with E-state index in [0.717, 1.165) is 16.6 Å². The number of carbonyl (C=O) groups excluding carboxylic acids is 1. The molecule has 4 rings (SSSR count). The first kappa shape index (κ1) is 17.1. The highest BCUT2D eigenvalue weighted by atomic mass is 35.5. The summed E-state index contributed by atoms with van der Waals surface area (Å²) >= 11 is 12.2. The maximum Gasteiger partial charge on any atom is 0.232 e. The van der Waals surface area contributed by atoms with Crippen molar-refractivity contribution >= 4 is 51.3 Å². The van der Waals surface area contributed by atoms with E-state index in [0.29, 0.717) is 34.1 Å². The summed E-state index contributed by atoms with van der Waals surface area (Å²) in [7, 11) is 0. The topological polar surface area (TPSA) is 54.0 Å². The largest absolute Gasteiger partial charge is 0.385 e. The maximum atomic E-state index is 13.6. The Bertz CT molecular complexity index is 1030. The van der Waals surface area contributed by atoms with Gasteiger partial charge in [0.1, 0.15) is 5.82 Å². The van der Waals surface area contributed by atoms with Crippen LogP contribution in [0.15, 0.2) is 42.7 Å². The zero-order chi connectivity index (χ0) is 18.3. The Labute approximate surface area is 159 Å². The van der Waals surface area contributed by atoms with Crippen molar-refractivity contribution in [2.45, 2.75) is 12.3 Å². The molecule has 2 aromatic carbocycles. The van der Waals surface area contributed by atoms with Crippen LogP contribution in [0, 0.1) is 5.82 Å². The van der Waals surface area contributed by atoms with E-state index in [1.807, 2.05) is 0 Å². The van der Waals surface area contributed by atoms with Gasteiger partial charge in [0.25, 0.3) is 0 Å². The minimum Gasteiger partial charge on any atom is -0.385 e. The van der Waals surface area contributed by atoms with Crippen LogP contribution >= 0.6 is 23.2 Å². The van der Waals surface area contributed by atoms with Crippen LogP contribution in [0.2, 0.25) is 10.0 Å². The summed E-state index contributed by atoms with van der Waals surface area (Å²) in [4.78, 5) is 17.0. The van der Waals surface area contributed by atoms with E-state index in [4.69, 9.17) is 23.2 Å². The van der Waals surface area contributed by atoms with Gasteiger partial charge < -0.3 is 10.6 Å². The summed E-state index contributed by atoms with van der Waals surface area (Å²) in [5.74, 6) is -0.942. The highest BCUT2D eigenvalue weighted by Gasteiger charge is 2.28. The van der Waals surface area contributed by atoms with Gasteiger partial charge in [-0.3, -0.25) is 9.78 Å². The third-order valence-electron chi connectivity index (χ3n) is 4.51. The molecule has 0 saturated carbocycles. The summed E-state index contributed by atoms with van der Waals surface area (Å²) in [6.07, 6.45) is 3.77. The van der Waals surface area contributed by atoms with Crippen molar-refractivity contribution in [2.24, 2.45) is 0 Å². The van der Waals surface area contributed by atoms with Crippen LogP contribution in [-0.2, 0) is 4.79 Å². The van der Waals surface area contributed by atoms with Crippen LogP contribution in [0.5, 0.6) is 0 Å². The van der Waals surface area contributed by atoms with E-state index in [9.17, 15) is 9.18 Å². The van der Waals surface area contributed by atoms with Gasteiger partial charge >= 0.3 is 0 Å². The van der Waals surface area contributed by atoms with Gasteiger partial charge in [0.2, 0.25) is 5.91 Å². The minimum atomic E-state index is -0.384. The van der Waals surface area contributed by atoms with E-state index < -0.39 is 0 Å². The van der Waals surface area contributed by atoms with Crippen molar-refractivity contribution in [3.63, 3.8) is 0 Å². The highest BCUT2D eigenvalue weighted by Crippen LogP contribution is 2.38. The first-order valence-corrected chi connectivity index (χ1v) is 8.85. The van der Waals surface area contributed by atoms with Gasteiger partial charge in [0.05, 0.1) is 27.8 Å². The summed E-state index contributed by atoms with van der Waals surface area (Å²) in [5.41, 5.74) is 2.07. The molecular weight excluding hydrogens is 376 g/mol. The van der Waals surface area contributed by atoms with Gasteiger partial charge in [-0.25, -0.2) is 4.39 Å². The number of hydrogen-bond donors (Lipinski definition) is 2. The lowest BCUT2D eigenvalue weighted by Gasteiger charge is -2.26. The maximum absolute atomic E-state index is 13.6. The molecule has 0 radical (unpaired) electrons. The fourth-order valence-electron chi connectivity index (χ4n) is 3.24. The van der Waals surface area contributed by atoms with Crippen molar-refractivity contribution in [3.05, 3.63) is 64.2 Å². The molecule has 0 aliphatic carbocycles. The Kier molecular flexibility index (Phi) is 4.42. The zero-order valence-corrected chi connectivity index (χ0v) is 15.0. The Morgan fingerprint density at radius 2 is 2.00 bits per heavy atom. The molecule has 0 fully saturated rings. The van der Waals surface area contributed by atoms with Gasteiger partial charge in [-0.1, -0.05) is 23.2 Å².